The van der Waals surface area contributed by atoms with Gasteiger partial charge in [-0.25, -0.2) is 4.98 Å². The minimum absolute atomic E-state index is 0.0463. The van der Waals surface area contributed by atoms with Crippen LogP contribution in [0, 0.1) is 6.92 Å². The van der Waals surface area contributed by atoms with Crippen molar-refractivity contribution < 1.29 is 13.9 Å². The van der Waals surface area contributed by atoms with Gasteiger partial charge in [0.2, 0.25) is 5.91 Å². The molecule has 5 nitrogen and oxygen atoms in total. The van der Waals surface area contributed by atoms with E-state index in [4.69, 9.17) is 25.7 Å². The number of aromatic nitrogens is 1. The molecule has 0 saturated carbocycles. The van der Waals surface area contributed by atoms with Gasteiger partial charge in [-0.1, -0.05) is 22.9 Å². The molecule has 4 rings (SSSR count). The van der Waals surface area contributed by atoms with Gasteiger partial charge in [0.25, 0.3) is 0 Å². The molecule has 0 N–H and O–H groups in total. The van der Waals surface area contributed by atoms with Crippen LogP contribution in [0.3, 0.4) is 0 Å². The van der Waals surface area contributed by atoms with Gasteiger partial charge in [-0.2, -0.15) is 0 Å². The number of halogens is 1. The van der Waals surface area contributed by atoms with Crippen molar-refractivity contribution in [1.82, 2.24) is 4.98 Å². The standard InChI is InChI=1S/C22H19ClN2O3S2/c1-14-18(23)9-10-19-21(14)24-22(30-19)25(12-16-4-3-11-28-16)20(26)13-29-17-7-5-15(27-2)6-8-17/h3-11H,12-13H2,1-2H3. The van der Waals surface area contributed by atoms with Crippen LogP contribution in [0.25, 0.3) is 10.2 Å². The van der Waals surface area contributed by atoms with Crippen molar-refractivity contribution in [2.45, 2.75) is 18.4 Å². The van der Waals surface area contributed by atoms with Crippen LogP contribution in [-0.4, -0.2) is 23.8 Å². The molecule has 0 bridgehead atoms. The molecule has 0 aliphatic heterocycles. The minimum Gasteiger partial charge on any atom is -0.497 e. The summed E-state index contributed by atoms with van der Waals surface area (Å²) in [5.41, 5.74) is 1.73. The number of ether oxygens (including phenoxy) is 1. The molecule has 30 heavy (non-hydrogen) atoms. The quantitative estimate of drug-likeness (QED) is 0.309. The lowest BCUT2D eigenvalue weighted by atomic mass is 10.2. The number of fused-ring (bicyclic) bond motifs is 1. The Hall–Kier alpha value is -2.48. The number of nitrogens with zero attached hydrogens (tertiary/aromatic N) is 2. The van der Waals surface area contributed by atoms with E-state index in [-0.39, 0.29) is 11.7 Å². The molecule has 0 atom stereocenters. The first kappa shape index (κ1) is 20.8. The number of carbonyl (C=O) groups excluding carboxylic acids is 1. The fraction of sp³-hybridized carbons (Fsp3) is 0.182. The Balaban J connectivity index is 1.59. The second kappa shape index (κ2) is 9.12. The third kappa shape index (κ3) is 4.48. The van der Waals surface area contributed by atoms with Crippen LogP contribution in [0.2, 0.25) is 5.02 Å². The predicted octanol–water partition coefficient (Wildman–Crippen LogP) is 6.19. The van der Waals surface area contributed by atoms with Crippen molar-refractivity contribution in [2.75, 3.05) is 17.8 Å². The Bertz CT molecular complexity index is 1160. The van der Waals surface area contributed by atoms with Gasteiger partial charge < -0.3 is 9.15 Å². The molecule has 2 heterocycles. The Morgan fingerprint density at radius 2 is 2.03 bits per heavy atom. The SMILES string of the molecule is COc1ccc(SCC(=O)N(Cc2ccco2)c2nc3c(C)c(Cl)ccc3s2)cc1. The summed E-state index contributed by atoms with van der Waals surface area (Å²) in [7, 11) is 1.63. The van der Waals surface area contributed by atoms with Crippen molar-refractivity contribution in [3.63, 3.8) is 0 Å². The molecule has 0 aliphatic rings. The van der Waals surface area contributed by atoms with Gasteiger partial charge in [0, 0.05) is 9.92 Å². The Kier molecular flexibility index (Phi) is 6.32. The summed E-state index contributed by atoms with van der Waals surface area (Å²) in [5.74, 6) is 1.72. The summed E-state index contributed by atoms with van der Waals surface area (Å²) in [6.07, 6.45) is 1.60. The minimum atomic E-state index is -0.0463. The highest BCUT2D eigenvalue weighted by molar-refractivity contribution is 8.00. The monoisotopic (exact) mass is 458 g/mol. The number of rotatable bonds is 7. The highest BCUT2D eigenvalue weighted by Crippen LogP contribution is 2.34. The molecule has 8 heteroatoms. The number of aryl methyl sites for hydroxylation is 1. The fourth-order valence-corrected chi connectivity index (χ4v) is 4.89. The zero-order valence-electron chi connectivity index (χ0n) is 16.4. The summed E-state index contributed by atoms with van der Waals surface area (Å²) >= 11 is 9.20. The van der Waals surface area contributed by atoms with Crippen molar-refractivity contribution in [3.05, 3.63) is 71.1 Å². The first-order valence-electron chi connectivity index (χ1n) is 9.20. The van der Waals surface area contributed by atoms with Crippen molar-refractivity contribution in [3.8, 4) is 5.75 Å². The summed E-state index contributed by atoms with van der Waals surface area (Å²) < 4.78 is 11.7. The van der Waals surface area contributed by atoms with Crippen LogP contribution in [0.1, 0.15) is 11.3 Å². The first-order valence-corrected chi connectivity index (χ1v) is 11.4. The smallest absolute Gasteiger partial charge is 0.239 e. The van der Waals surface area contributed by atoms with E-state index in [0.717, 1.165) is 26.4 Å². The van der Waals surface area contributed by atoms with E-state index in [0.29, 0.717) is 22.5 Å². The van der Waals surface area contributed by atoms with Gasteiger partial charge in [-0.05, 0) is 61.0 Å². The molecule has 4 aromatic rings. The molecule has 0 fully saturated rings. The predicted molar refractivity (Wildman–Crippen MR) is 123 cm³/mol. The van der Waals surface area contributed by atoms with E-state index in [1.165, 1.54) is 23.1 Å². The molecule has 2 aromatic heterocycles. The number of thioether (sulfide) groups is 1. The molecule has 0 radical (unpaired) electrons. The number of thiazole rings is 1. The van der Waals surface area contributed by atoms with E-state index >= 15 is 0 Å². The Morgan fingerprint density at radius 1 is 1.23 bits per heavy atom. The number of carbonyl (C=O) groups is 1. The van der Waals surface area contributed by atoms with Crippen LogP contribution in [0.15, 0.2) is 64.1 Å². The molecule has 0 spiro atoms. The fourth-order valence-electron chi connectivity index (χ4n) is 2.92. The third-order valence-corrected chi connectivity index (χ3v) is 7.03. The lowest BCUT2D eigenvalue weighted by Crippen LogP contribution is -2.31. The number of methoxy groups -OCH3 is 1. The molecule has 0 aliphatic carbocycles. The summed E-state index contributed by atoms with van der Waals surface area (Å²) in [6, 6.07) is 15.1. The van der Waals surface area contributed by atoms with Crippen molar-refractivity contribution in [2.24, 2.45) is 0 Å². The summed E-state index contributed by atoms with van der Waals surface area (Å²) in [5, 5.41) is 1.30. The normalized spacial score (nSPS) is 11.0. The molecule has 0 unspecified atom stereocenters. The number of hydrogen-bond donors (Lipinski definition) is 0. The van der Waals surface area contributed by atoms with E-state index in [1.807, 2.05) is 55.5 Å². The van der Waals surface area contributed by atoms with E-state index in [1.54, 1.807) is 18.3 Å². The second-order valence-electron chi connectivity index (χ2n) is 6.54. The number of amides is 1. The van der Waals surface area contributed by atoms with E-state index in [9.17, 15) is 4.79 Å². The van der Waals surface area contributed by atoms with Gasteiger partial charge in [-0.3, -0.25) is 9.69 Å². The number of furan rings is 1. The summed E-state index contributed by atoms with van der Waals surface area (Å²) in [4.78, 5) is 20.6. The number of hydrogen-bond acceptors (Lipinski definition) is 6. The number of anilines is 1. The van der Waals surface area contributed by atoms with Gasteiger partial charge in [0.1, 0.15) is 11.5 Å². The van der Waals surface area contributed by atoms with E-state index < -0.39 is 0 Å². The molecule has 1 amide bonds. The Labute approximate surface area is 187 Å². The molecular weight excluding hydrogens is 440 g/mol. The molecule has 154 valence electrons. The lowest BCUT2D eigenvalue weighted by molar-refractivity contribution is -0.116. The average molecular weight is 459 g/mol. The van der Waals surface area contributed by atoms with Crippen LogP contribution in [-0.2, 0) is 11.3 Å². The summed E-state index contributed by atoms with van der Waals surface area (Å²) in [6.45, 7) is 2.26. The second-order valence-corrected chi connectivity index (χ2v) is 9.00. The van der Waals surface area contributed by atoms with Gasteiger partial charge >= 0.3 is 0 Å². The van der Waals surface area contributed by atoms with Gasteiger partial charge in [0.15, 0.2) is 5.13 Å². The highest BCUT2D eigenvalue weighted by atomic mass is 35.5. The third-order valence-electron chi connectivity index (χ3n) is 4.58. The van der Waals surface area contributed by atoms with Crippen LogP contribution < -0.4 is 9.64 Å². The molecular formula is C22H19ClN2O3S2. The zero-order valence-corrected chi connectivity index (χ0v) is 18.8. The van der Waals surface area contributed by atoms with Gasteiger partial charge in [0.05, 0.1) is 35.9 Å². The molecule has 2 aromatic carbocycles. The first-order chi connectivity index (χ1) is 14.5. The molecule has 0 saturated heterocycles. The largest absolute Gasteiger partial charge is 0.497 e. The maximum Gasteiger partial charge on any atom is 0.239 e. The van der Waals surface area contributed by atoms with E-state index in [2.05, 4.69) is 0 Å². The van der Waals surface area contributed by atoms with Crippen LogP contribution in [0.4, 0.5) is 5.13 Å². The van der Waals surface area contributed by atoms with Crippen molar-refractivity contribution >= 4 is 56.0 Å². The topological polar surface area (TPSA) is 55.6 Å². The van der Waals surface area contributed by atoms with Gasteiger partial charge in [-0.15, -0.1) is 11.8 Å². The number of benzene rings is 2. The maximum absolute atomic E-state index is 13.2. The average Bonchev–Trinajstić information content (AvgIpc) is 3.43. The van der Waals surface area contributed by atoms with Crippen LogP contribution >= 0.6 is 34.7 Å². The lowest BCUT2D eigenvalue weighted by Gasteiger charge is -2.18. The van der Waals surface area contributed by atoms with Crippen LogP contribution in [0.5, 0.6) is 5.75 Å². The highest BCUT2D eigenvalue weighted by Gasteiger charge is 2.22. The zero-order chi connectivity index (χ0) is 21.1. The van der Waals surface area contributed by atoms with Crippen molar-refractivity contribution in [1.29, 1.82) is 0 Å². The maximum atomic E-state index is 13.2. The Morgan fingerprint density at radius 3 is 2.73 bits per heavy atom.